The fourth-order valence-corrected chi connectivity index (χ4v) is 2.28. The lowest BCUT2D eigenvalue weighted by atomic mass is 9.85. The van der Waals surface area contributed by atoms with Gasteiger partial charge in [-0.1, -0.05) is 6.42 Å². The first-order chi connectivity index (χ1) is 7.47. The fraction of sp³-hybridized carbons (Fsp3) is 0.909. The number of hydrogen-bond donors (Lipinski definition) is 1. The van der Waals surface area contributed by atoms with Crippen molar-refractivity contribution in [2.75, 3.05) is 0 Å². The van der Waals surface area contributed by atoms with Crippen LogP contribution in [0.15, 0.2) is 0 Å². The minimum atomic E-state index is -4.11. The lowest BCUT2D eigenvalue weighted by Gasteiger charge is -2.31. The molecule has 2 aliphatic rings. The van der Waals surface area contributed by atoms with Crippen LogP contribution in [0.2, 0.25) is 0 Å². The van der Waals surface area contributed by atoms with E-state index in [1.165, 1.54) is 0 Å². The van der Waals surface area contributed by atoms with Gasteiger partial charge in [0.2, 0.25) is 5.91 Å². The number of carbonyl (C=O) groups is 1. The van der Waals surface area contributed by atoms with E-state index in [4.69, 9.17) is 0 Å². The fourth-order valence-electron chi connectivity index (χ4n) is 2.28. The average molecular weight is 235 g/mol. The third-order valence-corrected chi connectivity index (χ3v) is 3.43. The van der Waals surface area contributed by atoms with Crippen molar-refractivity contribution in [1.29, 1.82) is 0 Å². The number of hydrogen-bond acceptors (Lipinski definition) is 1. The molecular weight excluding hydrogens is 219 g/mol. The van der Waals surface area contributed by atoms with Gasteiger partial charge in [-0.05, 0) is 32.1 Å². The Balaban J connectivity index is 1.84. The predicted octanol–water partition coefficient (Wildman–Crippen LogP) is 2.63. The molecule has 16 heavy (non-hydrogen) atoms. The van der Waals surface area contributed by atoms with E-state index < -0.39 is 12.1 Å². The lowest BCUT2D eigenvalue weighted by molar-refractivity contribution is -0.184. The maximum Gasteiger partial charge on any atom is 0.391 e. The number of halogens is 3. The van der Waals surface area contributed by atoms with E-state index in [0.717, 1.165) is 12.8 Å². The minimum Gasteiger partial charge on any atom is -0.353 e. The highest BCUT2D eigenvalue weighted by molar-refractivity contribution is 5.81. The molecule has 5 heteroatoms. The van der Waals surface area contributed by atoms with Crippen molar-refractivity contribution in [1.82, 2.24) is 5.32 Å². The number of rotatable bonds is 2. The van der Waals surface area contributed by atoms with Crippen molar-refractivity contribution >= 4 is 5.91 Å². The second-order valence-corrected chi connectivity index (χ2v) is 4.88. The second-order valence-electron chi connectivity index (χ2n) is 4.88. The summed E-state index contributed by atoms with van der Waals surface area (Å²) in [4.78, 5) is 11.4. The van der Waals surface area contributed by atoms with E-state index in [9.17, 15) is 18.0 Å². The SMILES string of the molecule is O=C(N[C@@H]1CCC[C@@H](C(F)(F)F)C1)C1CC1. The van der Waals surface area contributed by atoms with Gasteiger partial charge in [0.05, 0.1) is 5.92 Å². The first-order valence-electron chi connectivity index (χ1n) is 5.84. The van der Waals surface area contributed by atoms with Gasteiger partial charge in [-0.15, -0.1) is 0 Å². The van der Waals surface area contributed by atoms with Gasteiger partial charge in [-0.2, -0.15) is 13.2 Å². The van der Waals surface area contributed by atoms with Gasteiger partial charge >= 0.3 is 6.18 Å². The zero-order valence-electron chi connectivity index (χ0n) is 9.02. The molecule has 2 nitrogen and oxygen atoms in total. The number of alkyl halides is 3. The van der Waals surface area contributed by atoms with Gasteiger partial charge in [-0.25, -0.2) is 0 Å². The molecule has 2 rings (SSSR count). The summed E-state index contributed by atoms with van der Waals surface area (Å²) in [5.41, 5.74) is 0. The summed E-state index contributed by atoms with van der Waals surface area (Å²) in [6, 6.07) is -0.270. The first-order valence-corrected chi connectivity index (χ1v) is 5.84. The second kappa shape index (κ2) is 4.26. The summed E-state index contributed by atoms with van der Waals surface area (Å²) >= 11 is 0. The Morgan fingerprint density at radius 2 is 1.81 bits per heavy atom. The molecule has 2 aliphatic carbocycles. The highest BCUT2D eigenvalue weighted by atomic mass is 19.4. The first kappa shape index (κ1) is 11.7. The van der Waals surface area contributed by atoms with Gasteiger partial charge in [0.1, 0.15) is 0 Å². The topological polar surface area (TPSA) is 29.1 Å². The molecule has 2 fully saturated rings. The van der Waals surface area contributed by atoms with Crippen LogP contribution in [-0.2, 0) is 4.79 Å². The summed E-state index contributed by atoms with van der Waals surface area (Å²) in [5, 5.41) is 2.74. The van der Waals surface area contributed by atoms with Gasteiger partial charge in [0.25, 0.3) is 0 Å². The van der Waals surface area contributed by atoms with Crippen LogP contribution in [0.3, 0.4) is 0 Å². The summed E-state index contributed by atoms with van der Waals surface area (Å²) in [6.45, 7) is 0. The Morgan fingerprint density at radius 1 is 1.12 bits per heavy atom. The van der Waals surface area contributed by atoms with Gasteiger partial charge in [0, 0.05) is 12.0 Å². The molecule has 0 unspecified atom stereocenters. The van der Waals surface area contributed by atoms with Crippen molar-refractivity contribution in [3.8, 4) is 0 Å². The standard InChI is InChI=1S/C11H16F3NO/c12-11(13,14)8-2-1-3-9(6-8)15-10(16)7-4-5-7/h7-9H,1-6H2,(H,15,16)/t8-,9-/m1/s1. The zero-order valence-corrected chi connectivity index (χ0v) is 9.02. The van der Waals surface area contributed by atoms with Crippen LogP contribution in [-0.4, -0.2) is 18.1 Å². The van der Waals surface area contributed by atoms with Crippen LogP contribution in [0.1, 0.15) is 38.5 Å². The van der Waals surface area contributed by atoms with E-state index in [-0.39, 0.29) is 30.7 Å². The maximum absolute atomic E-state index is 12.5. The molecule has 2 atom stereocenters. The number of nitrogens with one attached hydrogen (secondary N) is 1. The molecule has 0 bridgehead atoms. The molecule has 0 aromatic heterocycles. The lowest BCUT2D eigenvalue weighted by Crippen LogP contribution is -2.42. The summed E-state index contributed by atoms with van der Waals surface area (Å²) in [6.07, 6.45) is -0.822. The molecule has 2 saturated carbocycles. The molecule has 0 aliphatic heterocycles. The van der Waals surface area contributed by atoms with E-state index in [0.29, 0.717) is 12.8 Å². The third kappa shape index (κ3) is 2.89. The van der Waals surface area contributed by atoms with Crippen LogP contribution < -0.4 is 5.32 Å². The molecule has 0 aromatic rings. The van der Waals surface area contributed by atoms with Crippen molar-refractivity contribution in [3.63, 3.8) is 0 Å². The van der Waals surface area contributed by atoms with Gasteiger partial charge in [-0.3, -0.25) is 4.79 Å². The Morgan fingerprint density at radius 3 is 2.38 bits per heavy atom. The quantitative estimate of drug-likeness (QED) is 0.783. The normalized spacial score (nSPS) is 31.2. The molecule has 0 radical (unpaired) electrons. The minimum absolute atomic E-state index is 0.0483. The van der Waals surface area contributed by atoms with E-state index in [2.05, 4.69) is 5.32 Å². The monoisotopic (exact) mass is 235 g/mol. The molecule has 0 aromatic carbocycles. The highest BCUT2D eigenvalue weighted by Crippen LogP contribution is 2.38. The molecular formula is C11H16F3NO. The Kier molecular flexibility index (Phi) is 3.13. The molecule has 0 heterocycles. The summed E-state index contributed by atoms with van der Waals surface area (Å²) in [5.74, 6) is -1.20. The maximum atomic E-state index is 12.5. The average Bonchev–Trinajstić information content (AvgIpc) is 2.99. The Labute approximate surface area is 92.6 Å². The Hall–Kier alpha value is -0.740. The molecule has 1 amide bonds. The molecule has 1 N–H and O–H groups in total. The highest BCUT2D eigenvalue weighted by Gasteiger charge is 2.43. The van der Waals surface area contributed by atoms with Crippen molar-refractivity contribution in [2.24, 2.45) is 11.8 Å². The largest absolute Gasteiger partial charge is 0.391 e. The predicted molar refractivity (Wildman–Crippen MR) is 52.7 cm³/mol. The molecule has 0 saturated heterocycles. The Bertz CT molecular complexity index is 273. The van der Waals surface area contributed by atoms with E-state index >= 15 is 0 Å². The van der Waals surface area contributed by atoms with Crippen LogP contribution in [0.5, 0.6) is 0 Å². The third-order valence-electron chi connectivity index (χ3n) is 3.43. The van der Waals surface area contributed by atoms with Crippen molar-refractivity contribution in [2.45, 2.75) is 50.7 Å². The zero-order chi connectivity index (χ0) is 11.8. The smallest absolute Gasteiger partial charge is 0.353 e. The van der Waals surface area contributed by atoms with E-state index in [1.54, 1.807) is 0 Å². The summed E-state index contributed by atoms with van der Waals surface area (Å²) < 4.78 is 37.5. The van der Waals surface area contributed by atoms with Gasteiger partial charge < -0.3 is 5.32 Å². The van der Waals surface area contributed by atoms with Crippen LogP contribution in [0.4, 0.5) is 13.2 Å². The van der Waals surface area contributed by atoms with Gasteiger partial charge in [0.15, 0.2) is 0 Å². The van der Waals surface area contributed by atoms with Crippen molar-refractivity contribution < 1.29 is 18.0 Å². The van der Waals surface area contributed by atoms with E-state index in [1.807, 2.05) is 0 Å². The summed E-state index contributed by atoms with van der Waals surface area (Å²) in [7, 11) is 0. The van der Waals surface area contributed by atoms with Crippen LogP contribution >= 0.6 is 0 Å². The molecule has 92 valence electrons. The van der Waals surface area contributed by atoms with Crippen molar-refractivity contribution in [3.05, 3.63) is 0 Å². The van der Waals surface area contributed by atoms with Crippen LogP contribution in [0, 0.1) is 11.8 Å². The van der Waals surface area contributed by atoms with Crippen LogP contribution in [0.25, 0.3) is 0 Å². The number of carbonyl (C=O) groups excluding carboxylic acids is 1. The number of amides is 1. The molecule has 0 spiro atoms.